The van der Waals surface area contributed by atoms with E-state index in [9.17, 15) is 14.4 Å². The zero-order valence-corrected chi connectivity index (χ0v) is 12.7. The van der Waals surface area contributed by atoms with Gasteiger partial charge in [-0.05, 0) is 37.3 Å². The number of nitrogens with one attached hydrogen (secondary N) is 2. The van der Waals surface area contributed by atoms with Crippen molar-refractivity contribution in [1.29, 1.82) is 0 Å². The second-order valence-electron chi connectivity index (χ2n) is 6.29. The van der Waals surface area contributed by atoms with E-state index in [1.807, 2.05) is 18.2 Å². The minimum absolute atomic E-state index is 0.00440. The Morgan fingerprint density at radius 2 is 1.83 bits per heavy atom. The highest BCUT2D eigenvalue weighted by Crippen LogP contribution is 2.33. The number of anilines is 1. The van der Waals surface area contributed by atoms with Crippen LogP contribution in [0.2, 0.25) is 0 Å². The molecule has 1 aromatic carbocycles. The molecule has 0 spiro atoms. The summed E-state index contributed by atoms with van der Waals surface area (Å²) in [5, 5.41) is 14.8. The molecule has 3 N–H and O–H groups in total. The Morgan fingerprint density at radius 1 is 1.13 bits per heavy atom. The second-order valence-corrected chi connectivity index (χ2v) is 6.29. The van der Waals surface area contributed by atoms with E-state index in [2.05, 4.69) is 10.6 Å². The molecule has 1 aromatic rings. The van der Waals surface area contributed by atoms with Crippen molar-refractivity contribution in [3.05, 3.63) is 29.8 Å². The summed E-state index contributed by atoms with van der Waals surface area (Å²) in [5.74, 6) is -1.83. The number of para-hydroxylation sites is 1. The zero-order chi connectivity index (χ0) is 16.4. The molecule has 0 saturated heterocycles. The highest BCUT2D eigenvalue weighted by atomic mass is 16.4. The van der Waals surface area contributed by atoms with Crippen molar-refractivity contribution < 1.29 is 19.5 Å². The lowest BCUT2D eigenvalue weighted by atomic mass is 9.85. The number of amides is 2. The quantitative estimate of drug-likeness (QED) is 0.793. The summed E-state index contributed by atoms with van der Waals surface area (Å²) in [7, 11) is 0. The fourth-order valence-corrected chi connectivity index (χ4v) is 3.43. The van der Waals surface area contributed by atoms with Gasteiger partial charge >= 0.3 is 5.97 Å². The first-order chi connectivity index (χ1) is 11.0. The lowest BCUT2D eigenvalue weighted by molar-refractivity contribution is -0.142. The predicted molar refractivity (Wildman–Crippen MR) is 84.0 cm³/mol. The van der Waals surface area contributed by atoms with E-state index in [0.717, 1.165) is 5.56 Å². The first kappa shape index (κ1) is 15.5. The van der Waals surface area contributed by atoms with Crippen LogP contribution in [0.15, 0.2) is 24.3 Å². The molecule has 0 aromatic heterocycles. The maximum atomic E-state index is 12.6. The first-order valence-electron chi connectivity index (χ1n) is 7.96. The number of aliphatic carboxylic acids is 1. The Morgan fingerprint density at radius 3 is 2.52 bits per heavy atom. The minimum Gasteiger partial charge on any atom is -0.481 e. The zero-order valence-electron chi connectivity index (χ0n) is 12.7. The van der Waals surface area contributed by atoms with Crippen LogP contribution in [0.3, 0.4) is 0 Å². The Hall–Kier alpha value is -2.37. The van der Waals surface area contributed by atoms with Crippen LogP contribution in [0.25, 0.3) is 0 Å². The molecule has 2 amide bonds. The summed E-state index contributed by atoms with van der Waals surface area (Å²) in [4.78, 5) is 35.3. The van der Waals surface area contributed by atoms with E-state index in [4.69, 9.17) is 5.11 Å². The lowest BCUT2D eigenvalue weighted by Crippen LogP contribution is -2.42. The predicted octanol–water partition coefficient (Wildman–Crippen LogP) is 1.87. The molecule has 6 nitrogen and oxygen atoms in total. The van der Waals surface area contributed by atoms with E-state index in [1.165, 1.54) is 0 Å². The summed E-state index contributed by atoms with van der Waals surface area (Å²) in [6.45, 7) is 0. The molecule has 0 unspecified atom stereocenters. The van der Waals surface area contributed by atoms with Gasteiger partial charge in [0, 0.05) is 18.2 Å². The van der Waals surface area contributed by atoms with Crippen molar-refractivity contribution >= 4 is 23.5 Å². The van der Waals surface area contributed by atoms with Crippen molar-refractivity contribution in [2.24, 2.45) is 5.92 Å². The van der Waals surface area contributed by atoms with Crippen LogP contribution in [-0.2, 0) is 14.4 Å². The second kappa shape index (κ2) is 6.40. The fraction of sp³-hybridized carbons (Fsp3) is 0.471. The molecule has 6 heteroatoms. The van der Waals surface area contributed by atoms with Gasteiger partial charge in [-0.1, -0.05) is 18.2 Å². The molecule has 3 rings (SSSR count). The van der Waals surface area contributed by atoms with Crippen LogP contribution in [0.4, 0.5) is 5.69 Å². The van der Waals surface area contributed by atoms with Crippen molar-refractivity contribution in [3.8, 4) is 0 Å². The molecule has 2 aliphatic rings. The van der Waals surface area contributed by atoms with Gasteiger partial charge in [-0.15, -0.1) is 0 Å². The largest absolute Gasteiger partial charge is 0.481 e. The van der Waals surface area contributed by atoms with Crippen LogP contribution in [0, 0.1) is 5.92 Å². The van der Waals surface area contributed by atoms with Gasteiger partial charge in [-0.2, -0.15) is 0 Å². The summed E-state index contributed by atoms with van der Waals surface area (Å²) in [6.07, 6.45) is 2.66. The minimum atomic E-state index is -0.757. The van der Waals surface area contributed by atoms with Gasteiger partial charge in [0.25, 0.3) is 0 Å². The summed E-state index contributed by atoms with van der Waals surface area (Å²) < 4.78 is 0. The van der Waals surface area contributed by atoms with Crippen LogP contribution in [0.5, 0.6) is 0 Å². The Kier molecular flexibility index (Phi) is 4.32. The molecule has 122 valence electrons. The topological polar surface area (TPSA) is 95.5 Å². The maximum Gasteiger partial charge on any atom is 0.306 e. The lowest BCUT2D eigenvalue weighted by Gasteiger charge is -2.30. The van der Waals surface area contributed by atoms with E-state index >= 15 is 0 Å². The Labute approximate surface area is 134 Å². The van der Waals surface area contributed by atoms with E-state index in [1.54, 1.807) is 6.07 Å². The average Bonchev–Trinajstić information content (AvgIpc) is 2.54. The van der Waals surface area contributed by atoms with Crippen molar-refractivity contribution in [3.63, 3.8) is 0 Å². The fourth-order valence-electron chi connectivity index (χ4n) is 3.43. The molecule has 1 heterocycles. The van der Waals surface area contributed by atoms with Gasteiger partial charge in [-0.25, -0.2) is 0 Å². The summed E-state index contributed by atoms with van der Waals surface area (Å²) in [6, 6.07) is 7.34. The van der Waals surface area contributed by atoms with Gasteiger partial charge in [0.1, 0.15) is 0 Å². The highest BCUT2D eigenvalue weighted by molar-refractivity contribution is 6.01. The molecular weight excluding hydrogens is 296 g/mol. The first-order valence-corrected chi connectivity index (χ1v) is 7.96. The number of benzene rings is 1. The van der Waals surface area contributed by atoms with Crippen molar-refractivity contribution in [2.75, 3.05) is 5.32 Å². The third-order valence-corrected chi connectivity index (χ3v) is 4.74. The van der Waals surface area contributed by atoms with Gasteiger partial charge in [0.05, 0.1) is 11.8 Å². The Balaban J connectivity index is 1.65. The average molecular weight is 316 g/mol. The molecule has 1 atom stereocenters. The molecule has 0 bridgehead atoms. The van der Waals surface area contributed by atoms with Crippen molar-refractivity contribution in [2.45, 2.75) is 44.1 Å². The molecule has 0 radical (unpaired) electrons. The van der Waals surface area contributed by atoms with Gasteiger partial charge in [-0.3, -0.25) is 14.4 Å². The highest BCUT2D eigenvalue weighted by Gasteiger charge is 2.33. The third kappa shape index (κ3) is 3.36. The number of hydrogen-bond donors (Lipinski definition) is 3. The number of fused-ring (bicyclic) bond motifs is 1. The van der Waals surface area contributed by atoms with Crippen LogP contribution in [0.1, 0.15) is 43.6 Å². The van der Waals surface area contributed by atoms with E-state index in [0.29, 0.717) is 31.4 Å². The summed E-state index contributed by atoms with van der Waals surface area (Å²) in [5.41, 5.74) is 1.53. The number of hydrogen-bond acceptors (Lipinski definition) is 3. The SMILES string of the molecule is O=C1C[C@@H](C(=O)NC2CCC(C(=O)O)CC2)c2ccccc2N1. The number of carbonyl (C=O) groups is 3. The number of rotatable bonds is 3. The summed E-state index contributed by atoms with van der Waals surface area (Å²) >= 11 is 0. The molecule has 1 fully saturated rings. The standard InChI is InChI=1S/C17H20N2O4/c20-15-9-13(12-3-1-2-4-14(12)19-15)16(21)18-11-7-5-10(6-8-11)17(22)23/h1-4,10-11,13H,5-9H2,(H,18,21)(H,19,20)(H,22,23)/t10?,11?,13-/m1/s1. The molecular formula is C17H20N2O4. The van der Waals surface area contributed by atoms with Crippen LogP contribution < -0.4 is 10.6 Å². The smallest absolute Gasteiger partial charge is 0.306 e. The third-order valence-electron chi connectivity index (χ3n) is 4.74. The molecule has 23 heavy (non-hydrogen) atoms. The van der Waals surface area contributed by atoms with E-state index in [-0.39, 0.29) is 30.2 Å². The Bertz CT molecular complexity index is 635. The van der Waals surface area contributed by atoms with Gasteiger partial charge in [0.15, 0.2) is 0 Å². The molecule has 1 saturated carbocycles. The van der Waals surface area contributed by atoms with Gasteiger partial charge in [0.2, 0.25) is 11.8 Å². The monoisotopic (exact) mass is 316 g/mol. The molecule has 1 aliphatic heterocycles. The van der Waals surface area contributed by atoms with Crippen molar-refractivity contribution in [1.82, 2.24) is 5.32 Å². The van der Waals surface area contributed by atoms with Crippen LogP contribution >= 0.6 is 0 Å². The maximum absolute atomic E-state index is 12.6. The van der Waals surface area contributed by atoms with E-state index < -0.39 is 11.9 Å². The van der Waals surface area contributed by atoms with Crippen LogP contribution in [-0.4, -0.2) is 28.9 Å². The number of carboxylic acid groups (broad SMARTS) is 1. The molecule has 1 aliphatic carbocycles. The number of carbonyl (C=O) groups excluding carboxylic acids is 2. The number of carboxylic acids is 1. The normalized spacial score (nSPS) is 26.8. The van der Waals surface area contributed by atoms with Gasteiger partial charge < -0.3 is 15.7 Å².